The first kappa shape index (κ1) is 13.7. The molecule has 1 saturated heterocycles. The summed E-state index contributed by atoms with van der Waals surface area (Å²) in [7, 11) is 0. The van der Waals surface area contributed by atoms with E-state index in [0.29, 0.717) is 18.2 Å². The van der Waals surface area contributed by atoms with Gasteiger partial charge in [0.15, 0.2) is 5.96 Å². The molecule has 5 heteroatoms. The zero-order valence-electron chi connectivity index (χ0n) is 11.9. The molecular formula is C15H20FN3S. The fourth-order valence-corrected chi connectivity index (χ4v) is 4.93. The molecule has 20 heavy (non-hydrogen) atoms. The summed E-state index contributed by atoms with van der Waals surface area (Å²) in [6.45, 7) is 5.14. The first-order valence-corrected chi connectivity index (χ1v) is 8.06. The molecule has 0 saturated carbocycles. The Labute approximate surface area is 123 Å². The van der Waals surface area contributed by atoms with Crippen molar-refractivity contribution < 1.29 is 4.39 Å². The minimum Gasteiger partial charge on any atom is -0.369 e. The predicted molar refractivity (Wildman–Crippen MR) is 83.8 cm³/mol. The second kappa shape index (κ2) is 4.65. The monoisotopic (exact) mass is 293 g/mol. The quantitative estimate of drug-likeness (QED) is 0.865. The van der Waals surface area contributed by atoms with Gasteiger partial charge in [0.05, 0.1) is 17.8 Å². The van der Waals surface area contributed by atoms with Crippen molar-refractivity contribution in [2.75, 3.05) is 23.0 Å². The molecule has 2 aliphatic rings. The molecule has 1 atom stereocenters. The topological polar surface area (TPSA) is 41.6 Å². The van der Waals surface area contributed by atoms with Crippen molar-refractivity contribution in [3.8, 4) is 0 Å². The van der Waals surface area contributed by atoms with Crippen LogP contribution < -0.4 is 10.6 Å². The Morgan fingerprint density at radius 3 is 2.80 bits per heavy atom. The third-order valence-corrected chi connectivity index (χ3v) is 5.90. The summed E-state index contributed by atoms with van der Waals surface area (Å²) in [6.07, 6.45) is 1.09. The number of halogens is 1. The van der Waals surface area contributed by atoms with Crippen molar-refractivity contribution in [3.63, 3.8) is 0 Å². The lowest BCUT2D eigenvalue weighted by Gasteiger charge is -2.52. The zero-order chi connectivity index (χ0) is 14.4. The fraction of sp³-hybridized carbons (Fsp3) is 0.533. The molecule has 1 spiro atoms. The van der Waals surface area contributed by atoms with E-state index in [9.17, 15) is 4.39 Å². The lowest BCUT2D eigenvalue weighted by atomic mass is 9.70. The van der Waals surface area contributed by atoms with Crippen molar-refractivity contribution in [2.24, 2.45) is 16.1 Å². The van der Waals surface area contributed by atoms with Gasteiger partial charge in [-0.3, -0.25) is 4.99 Å². The zero-order valence-corrected chi connectivity index (χ0v) is 12.7. The molecule has 2 N–H and O–H groups in total. The highest BCUT2D eigenvalue weighted by molar-refractivity contribution is 7.99. The maximum Gasteiger partial charge on any atom is 0.196 e. The standard InChI is InChI=1S/C15H20FN3S/c1-14(2)7-8-20-10-15(14)9-18-13(17)19(15)12-6-4-3-5-11(12)16/h3-6H,7-10H2,1-2H3,(H2,17,18). The number of thioether (sulfide) groups is 1. The van der Waals surface area contributed by atoms with Gasteiger partial charge in [0.2, 0.25) is 0 Å². The van der Waals surface area contributed by atoms with Crippen molar-refractivity contribution >= 4 is 23.4 Å². The van der Waals surface area contributed by atoms with Gasteiger partial charge in [0.25, 0.3) is 0 Å². The SMILES string of the molecule is CC1(C)CCSCC12CN=C(N)N2c1ccccc1F. The van der Waals surface area contributed by atoms with Gasteiger partial charge in [0, 0.05) is 5.75 Å². The number of nitrogens with two attached hydrogens (primary N) is 1. The highest BCUT2D eigenvalue weighted by Gasteiger charge is 2.55. The van der Waals surface area contributed by atoms with Gasteiger partial charge in [0.1, 0.15) is 5.82 Å². The first-order valence-electron chi connectivity index (χ1n) is 6.90. The Morgan fingerprint density at radius 1 is 1.35 bits per heavy atom. The molecule has 0 aromatic heterocycles. The number of hydrogen-bond acceptors (Lipinski definition) is 4. The number of anilines is 1. The van der Waals surface area contributed by atoms with E-state index in [1.165, 1.54) is 6.07 Å². The van der Waals surface area contributed by atoms with E-state index in [2.05, 4.69) is 18.8 Å². The second-order valence-electron chi connectivity index (χ2n) is 6.18. The summed E-state index contributed by atoms with van der Waals surface area (Å²) >= 11 is 1.91. The van der Waals surface area contributed by atoms with E-state index in [-0.39, 0.29) is 16.8 Å². The Hall–Kier alpha value is -1.23. The van der Waals surface area contributed by atoms with Gasteiger partial charge in [-0.05, 0) is 29.7 Å². The molecule has 108 valence electrons. The van der Waals surface area contributed by atoms with Crippen LogP contribution >= 0.6 is 11.8 Å². The highest BCUT2D eigenvalue weighted by Crippen LogP contribution is 2.49. The lowest BCUT2D eigenvalue weighted by molar-refractivity contribution is 0.192. The molecule has 1 unspecified atom stereocenters. The van der Waals surface area contributed by atoms with Gasteiger partial charge in [-0.1, -0.05) is 26.0 Å². The molecule has 1 fully saturated rings. The molecular weight excluding hydrogens is 273 g/mol. The number of guanidine groups is 1. The van der Waals surface area contributed by atoms with Crippen molar-refractivity contribution in [3.05, 3.63) is 30.1 Å². The van der Waals surface area contributed by atoms with Crippen LogP contribution in [0.1, 0.15) is 20.3 Å². The van der Waals surface area contributed by atoms with Gasteiger partial charge < -0.3 is 10.6 Å². The number of benzene rings is 1. The largest absolute Gasteiger partial charge is 0.369 e. The van der Waals surface area contributed by atoms with E-state index in [0.717, 1.165) is 17.9 Å². The highest BCUT2D eigenvalue weighted by atomic mass is 32.2. The van der Waals surface area contributed by atoms with Gasteiger partial charge >= 0.3 is 0 Å². The van der Waals surface area contributed by atoms with Crippen molar-refractivity contribution in [1.29, 1.82) is 0 Å². The normalized spacial score (nSPS) is 28.8. The Morgan fingerprint density at radius 2 is 2.10 bits per heavy atom. The van der Waals surface area contributed by atoms with Crippen LogP contribution in [-0.4, -0.2) is 29.5 Å². The predicted octanol–water partition coefficient (Wildman–Crippen LogP) is 2.86. The van der Waals surface area contributed by atoms with Crippen LogP contribution in [0.15, 0.2) is 29.3 Å². The fourth-order valence-electron chi connectivity index (χ4n) is 3.18. The van der Waals surface area contributed by atoms with Crippen LogP contribution in [0.5, 0.6) is 0 Å². The number of hydrogen-bond donors (Lipinski definition) is 1. The third kappa shape index (κ3) is 1.83. The summed E-state index contributed by atoms with van der Waals surface area (Å²) in [6, 6.07) is 6.83. The molecule has 0 bridgehead atoms. The molecule has 0 amide bonds. The molecule has 0 radical (unpaired) electrons. The summed E-state index contributed by atoms with van der Waals surface area (Å²) in [5.41, 5.74) is 6.48. The van der Waals surface area contributed by atoms with Crippen LogP contribution in [0.3, 0.4) is 0 Å². The van der Waals surface area contributed by atoms with E-state index in [1.807, 2.05) is 22.7 Å². The lowest BCUT2D eigenvalue weighted by Crippen LogP contribution is -2.64. The minimum absolute atomic E-state index is 0.0468. The average molecular weight is 293 g/mol. The second-order valence-corrected chi connectivity index (χ2v) is 7.28. The molecule has 1 aromatic carbocycles. The molecule has 3 rings (SSSR count). The summed E-state index contributed by atoms with van der Waals surface area (Å²) in [5, 5.41) is 0. The Kier molecular flexibility index (Phi) is 3.20. The Balaban J connectivity index is 2.11. The Bertz CT molecular complexity index is 558. The van der Waals surface area contributed by atoms with Crippen LogP contribution in [0, 0.1) is 11.2 Å². The van der Waals surface area contributed by atoms with Crippen LogP contribution in [0.25, 0.3) is 0 Å². The summed E-state index contributed by atoms with van der Waals surface area (Å²) < 4.78 is 14.2. The molecule has 0 aliphatic carbocycles. The summed E-state index contributed by atoms with van der Waals surface area (Å²) in [4.78, 5) is 6.39. The molecule has 1 aromatic rings. The molecule has 3 nitrogen and oxygen atoms in total. The minimum atomic E-state index is -0.238. The smallest absolute Gasteiger partial charge is 0.196 e. The summed E-state index contributed by atoms with van der Waals surface area (Å²) in [5.74, 6) is 2.27. The van der Waals surface area contributed by atoms with E-state index in [4.69, 9.17) is 5.73 Å². The maximum atomic E-state index is 14.2. The van der Waals surface area contributed by atoms with Crippen LogP contribution in [0.4, 0.5) is 10.1 Å². The number of para-hydroxylation sites is 1. The molecule has 2 aliphatic heterocycles. The van der Waals surface area contributed by atoms with Gasteiger partial charge in [-0.15, -0.1) is 0 Å². The van der Waals surface area contributed by atoms with Crippen molar-refractivity contribution in [2.45, 2.75) is 25.8 Å². The molecule has 2 heterocycles. The van der Waals surface area contributed by atoms with Crippen LogP contribution in [-0.2, 0) is 0 Å². The van der Waals surface area contributed by atoms with Crippen LogP contribution in [0.2, 0.25) is 0 Å². The van der Waals surface area contributed by atoms with Gasteiger partial charge in [-0.25, -0.2) is 4.39 Å². The van der Waals surface area contributed by atoms with E-state index >= 15 is 0 Å². The third-order valence-electron chi connectivity index (χ3n) is 4.73. The maximum absolute atomic E-state index is 14.2. The van der Waals surface area contributed by atoms with E-state index < -0.39 is 0 Å². The number of nitrogens with zero attached hydrogens (tertiary/aromatic N) is 2. The van der Waals surface area contributed by atoms with Gasteiger partial charge in [-0.2, -0.15) is 11.8 Å². The van der Waals surface area contributed by atoms with Crippen molar-refractivity contribution in [1.82, 2.24) is 0 Å². The average Bonchev–Trinajstić information content (AvgIpc) is 2.73. The first-order chi connectivity index (χ1) is 9.48. The van der Waals surface area contributed by atoms with E-state index in [1.54, 1.807) is 12.1 Å². The number of rotatable bonds is 1. The number of aliphatic imine (C=N–C) groups is 1.